The highest BCUT2D eigenvalue weighted by Crippen LogP contribution is 2.28. The van der Waals surface area contributed by atoms with Gasteiger partial charge in [-0.15, -0.1) is 11.3 Å². The van der Waals surface area contributed by atoms with E-state index in [0.29, 0.717) is 12.0 Å². The number of aromatic nitrogens is 2. The van der Waals surface area contributed by atoms with Gasteiger partial charge in [-0.1, -0.05) is 30.3 Å². The summed E-state index contributed by atoms with van der Waals surface area (Å²) in [5.41, 5.74) is 1.73. The Kier molecular flexibility index (Phi) is 5.66. The van der Waals surface area contributed by atoms with Crippen molar-refractivity contribution in [1.82, 2.24) is 15.3 Å². The van der Waals surface area contributed by atoms with Gasteiger partial charge in [-0.25, -0.2) is 4.98 Å². The second-order valence-corrected chi connectivity index (χ2v) is 9.51. The van der Waals surface area contributed by atoms with Crippen LogP contribution in [0.4, 0.5) is 11.8 Å². The van der Waals surface area contributed by atoms with Gasteiger partial charge in [0.2, 0.25) is 5.95 Å². The highest BCUT2D eigenvalue weighted by molar-refractivity contribution is 7.17. The van der Waals surface area contributed by atoms with Gasteiger partial charge < -0.3 is 15.5 Å². The first-order valence-corrected chi connectivity index (χ1v) is 11.9. The zero-order valence-corrected chi connectivity index (χ0v) is 19.2. The van der Waals surface area contributed by atoms with E-state index in [1.165, 1.54) is 0 Å². The van der Waals surface area contributed by atoms with E-state index in [-0.39, 0.29) is 11.9 Å². The average Bonchev–Trinajstić information content (AvgIpc) is 3.24. The van der Waals surface area contributed by atoms with Gasteiger partial charge in [0.25, 0.3) is 5.91 Å². The van der Waals surface area contributed by atoms with Gasteiger partial charge in [-0.2, -0.15) is 4.98 Å². The lowest BCUT2D eigenvalue weighted by atomic mass is 9.91. The zero-order chi connectivity index (χ0) is 22.1. The quantitative estimate of drug-likeness (QED) is 0.449. The van der Waals surface area contributed by atoms with Crippen molar-refractivity contribution in [2.45, 2.75) is 37.8 Å². The van der Waals surface area contributed by atoms with Gasteiger partial charge in [0.15, 0.2) is 0 Å². The third-order valence-electron chi connectivity index (χ3n) is 6.13. The summed E-state index contributed by atoms with van der Waals surface area (Å²) in [6.45, 7) is 0. The molecule has 0 spiro atoms. The Labute approximate surface area is 191 Å². The third-order valence-corrected chi connectivity index (χ3v) is 7.09. The molecule has 7 heteroatoms. The molecule has 2 aromatic carbocycles. The maximum atomic E-state index is 12.8. The van der Waals surface area contributed by atoms with Crippen LogP contribution in [0.3, 0.4) is 0 Å². The number of nitrogens with one attached hydrogen (secondary N) is 2. The Bertz CT molecular complexity index is 1260. The first kappa shape index (κ1) is 20.7. The number of thiophene rings is 1. The summed E-state index contributed by atoms with van der Waals surface area (Å²) >= 11 is 1.62. The first-order valence-electron chi connectivity index (χ1n) is 11.1. The van der Waals surface area contributed by atoms with Crippen LogP contribution in [0.15, 0.2) is 53.9 Å². The normalized spacial score (nSPS) is 18.6. The van der Waals surface area contributed by atoms with E-state index in [9.17, 15) is 4.79 Å². The van der Waals surface area contributed by atoms with Gasteiger partial charge in [0.1, 0.15) is 5.82 Å². The van der Waals surface area contributed by atoms with Crippen molar-refractivity contribution in [1.29, 1.82) is 0 Å². The maximum absolute atomic E-state index is 12.8. The standard InChI is InChI=1S/C25H27N5OS/c1-30(2)23-19-8-3-5-9-21(19)28-25(29-23)27-17-13-11-16(12-14-17)26-24(31)20-15-32-22-10-6-4-7-18(20)22/h3-10,15-17H,11-14H2,1-2H3,(H,26,31)(H,27,28,29)/t16-,17+. The highest BCUT2D eigenvalue weighted by Gasteiger charge is 2.24. The van der Waals surface area contributed by atoms with Crippen molar-refractivity contribution < 1.29 is 4.79 Å². The van der Waals surface area contributed by atoms with Gasteiger partial charge >= 0.3 is 0 Å². The number of fused-ring (bicyclic) bond motifs is 2. The molecular weight excluding hydrogens is 418 g/mol. The number of rotatable bonds is 5. The van der Waals surface area contributed by atoms with Crippen LogP contribution in [0, 0.1) is 0 Å². The summed E-state index contributed by atoms with van der Waals surface area (Å²) in [6, 6.07) is 16.7. The molecule has 0 unspecified atom stereocenters. The number of carbonyl (C=O) groups excluding carboxylic acids is 1. The fourth-order valence-corrected chi connectivity index (χ4v) is 5.39. The second-order valence-electron chi connectivity index (χ2n) is 8.59. The molecule has 0 bridgehead atoms. The molecule has 5 rings (SSSR count). The van der Waals surface area contributed by atoms with Gasteiger partial charge in [0, 0.05) is 47.0 Å². The molecule has 4 aromatic rings. The molecule has 1 fully saturated rings. The third kappa shape index (κ3) is 4.12. The minimum atomic E-state index is 0.0346. The molecule has 32 heavy (non-hydrogen) atoms. The largest absolute Gasteiger partial charge is 0.362 e. The van der Waals surface area contributed by atoms with Crippen LogP contribution in [-0.2, 0) is 0 Å². The van der Waals surface area contributed by atoms with E-state index in [0.717, 1.165) is 58.1 Å². The van der Waals surface area contributed by atoms with Gasteiger partial charge in [0.05, 0.1) is 11.1 Å². The summed E-state index contributed by atoms with van der Waals surface area (Å²) in [5.74, 6) is 1.62. The Morgan fingerprint density at radius 2 is 1.62 bits per heavy atom. The number of para-hydroxylation sites is 1. The number of anilines is 2. The Morgan fingerprint density at radius 3 is 2.41 bits per heavy atom. The molecule has 6 nitrogen and oxygen atoms in total. The molecule has 0 radical (unpaired) electrons. The van der Waals surface area contributed by atoms with Crippen LogP contribution in [0.1, 0.15) is 36.0 Å². The smallest absolute Gasteiger partial charge is 0.252 e. The molecule has 1 aliphatic carbocycles. The topological polar surface area (TPSA) is 70.2 Å². The summed E-state index contributed by atoms with van der Waals surface area (Å²) in [5, 5.41) is 10.8. The lowest BCUT2D eigenvalue weighted by Crippen LogP contribution is -2.40. The van der Waals surface area contributed by atoms with Crippen LogP contribution in [-0.4, -0.2) is 42.1 Å². The SMILES string of the molecule is CN(C)c1nc(N[C@H]2CC[C@@H](NC(=O)c3csc4ccccc34)CC2)nc2ccccc12. The molecular formula is C25H27N5OS. The monoisotopic (exact) mass is 445 g/mol. The molecule has 0 aliphatic heterocycles. The predicted octanol–water partition coefficient (Wildman–Crippen LogP) is 5.06. The summed E-state index contributed by atoms with van der Waals surface area (Å²) in [7, 11) is 4.01. The molecule has 2 aromatic heterocycles. The zero-order valence-electron chi connectivity index (χ0n) is 18.3. The molecule has 0 saturated heterocycles. The highest BCUT2D eigenvalue weighted by atomic mass is 32.1. The number of amides is 1. The second kappa shape index (κ2) is 8.74. The fourth-order valence-electron chi connectivity index (χ4n) is 4.45. The lowest BCUT2D eigenvalue weighted by Gasteiger charge is -2.30. The molecule has 164 valence electrons. The molecule has 2 heterocycles. The molecule has 1 saturated carbocycles. The molecule has 0 atom stereocenters. The summed E-state index contributed by atoms with van der Waals surface area (Å²) in [4.78, 5) is 24.3. The van der Waals surface area contributed by atoms with E-state index in [1.54, 1.807) is 11.3 Å². The summed E-state index contributed by atoms with van der Waals surface area (Å²) in [6.07, 6.45) is 3.84. The van der Waals surface area contributed by atoms with Crippen LogP contribution in [0.5, 0.6) is 0 Å². The van der Waals surface area contributed by atoms with Crippen molar-refractivity contribution in [3.63, 3.8) is 0 Å². The fraction of sp³-hybridized carbons (Fsp3) is 0.320. The Morgan fingerprint density at radius 1 is 0.938 bits per heavy atom. The van der Waals surface area contributed by atoms with Crippen LogP contribution in [0.2, 0.25) is 0 Å². The van der Waals surface area contributed by atoms with Gasteiger partial charge in [-0.05, 0) is 43.9 Å². The number of benzene rings is 2. The van der Waals surface area contributed by atoms with Crippen LogP contribution in [0.25, 0.3) is 21.0 Å². The number of carbonyl (C=O) groups is 1. The molecule has 2 N–H and O–H groups in total. The lowest BCUT2D eigenvalue weighted by molar-refractivity contribution is 0.0928. The first-order chi connectivity index (χ1) is 15.6. The number of hydrogen-bond donors (Lipinski definition) is 2. The van der Waals surface area contributed by atoms with E-state index in [4.69, 9.17) is 9.97 Å². The summed E-state index contributed by atoms with van der Waals surface area (Å²) < 4.78 is 1.15. The minimum absolute atomic E-state index is 0.0346. The van der Waals surface area contributed by atoms with Gasteiger partial charge in [-0.3, -0.25) is 4.79 Å². The van der Waals surface area contributed by atoms with Crippen LogP contribution >= 0.6 is 11.3 Å². The maximum Gasteiger partial charge on any atom is 0.252 e. The molecule has 1 aliphatic rings. The number of nitrogens with zero attached hydrogens (tertiary/aromatic N) is 3. The van der Waals surface area contributed by atoms with Crippen molar-refractivity contribution in [2.24, 2.45) is 0 Å². The van der Waals surface area contributed by atoms with Crippen LogP contribution < -0.4 is 15.5 Å². The van der Waals surface area contributed by atoms with Crippen molar-refractivity contribution in [3.05, 3.63) is 59.5 Å². The van der Waals surface area contributed by atoms with Crippen molar-refractivity contribution in [2.75, 3.05) is 24.3 Å². The molecule has 1 amide bonds. The predicted molar refractivity (Wildman–Crippen MR) is 133 cm³/mol. The van der Waals surface area contributed by atoms with E-state index in [2.05, 4.69) is 22.8 Å². The van der Waals surface area contributed by atoms with E-state index < -0.39 is 0 Å². The van der Waals surface area contributed by atoms with Crippen molar-refractivity contribution >= 4 is 50.0 Å². The Hall–Kier alpha value is -3.19. The minimum Gasteiger partial charge on any atom is -0.362 e. The van der Waals surface area contributed by atoms with E-state index in [1.807, 2.05) is 60.8 Å². The van der Waals surface area contributed by atoms with E-state index >= 15 is 0 Å². The van der Waals surface area contributed by atoms with Crippen molar-refractivity contribution in [3.8, 4) is 0 Å². The Balaban J connectivity index is 1.22. The number of hydrogen-bond acceptors (Lipinski definition) is 6. The average molecular weight is 446 g/mol.